The molecule has 5 nitrogen and oxygen atoms in total. The van der Waals surface area contributed by atoms with E-state index in [9.17, 15) is 22.8 Å². The summed E-state index contributed by atoms with van der Waals surface area (Å²) in [6.45, 7) is 3.50. The molecule has 0 radical (unpaired) electrons. The standard InChI is InChI=1S/C18H17F3N2O3S/c1-10-5-4-6-11(2)16(10)23-17(25)12-8-22-14(27-9-15(24)26-3)7-13(12)18(19,20)21/h4-8H,9H2,1-3H3,(H,23,25). The first kappa shape index (κ1) is 20.8. The van der Waals surface area contributed by atoms with E-state index in [0.717, 1.165) is 35.2 Å². The molecule has 1 aromatic heterocycles. The van der Waals surface area contributed by atoms with Crippen LogP contribution in [0.25, 0.3) is 0 Å². The Labute approximate surface area is 158 Å². The van der Waals surface area contributed by atoms with Crippen LogP contribution < -0.4 is 5.32 Å². The molecule has 0 aliphatic rings. The van der Waals surface area contributed by atoms with Crippen LogP contribution in [0, 0.1) is 13.8 Å². The summed E-state index contributed by atoms with van der Waals surface area (Å²) in [4.78, 5) is 27.5. The van der Waals surface area contributed by atoms with E-state index in [2.05, 4.69) is 15.0 Å². The number of halogens is 3. The van der Waals surface area contributed by atoms with Gasteiger partial charge in [-0.15, -0.1) is 0 Å². The number of hydrogen-bond acceptors (Lipinski definition) is 5. The predicted octanol–water partition coefficient (Wildman–Crippen LogP) is 4.23. The molecule has 0 unspecified atom stereocenters. The number of methoxy groups -OCH3 is 1. The quantitative estimate of drug-likeness (QED) is 0.603. The molecule has 1 N–H and O–H groups in total. The first-order valence-electron chi connectivity index (χ1n) is 7.78. The fourth-order valence-corrected chi connectivity index (χ4v) is 3.03. The van der Waals surface area contributed by atoms with Gasteiger partial charge in [0.25, 0.3) is 5.91 Å². The number of esters is 1. The highest BCUT2D eigenvalue weighted by Gasteiger charge is 2.36. The summed E-state index contributed by atoms with van der Waals surface area (Å²) in [5.41, 5.74) is 0.214. The third-order valence-electron chi connectivity index (χ3n) is 3.71. The second kappa shape index (κ2) is 8.43. The Bertz CT molecular complexity index is 849. The molecule has 0 aliphatic heterocycles. The topological polar surface area (TPSA) is 68.3 Å². The molecule has 0 aliphatic carbocycles. The zero-order chi connectivity index (χ0) is 20.2. The van der Waals surface area contributed by atoms with Gasteiger partial charge in [0.2, 0.25) is 0 Å². The van der Waals surface area contributed by atoms with E-state index in [1.807, 2.05) is 0 Å². The van der Waals surface area contributed by atoms with Gasteiger partial charge in [0.05, 0.1) is 29.0 Å². The zero-order valence-corrected chi connectivity index (χ0v) is 15.6. The third-order valence-corrected chi connectivity index (χ3v) is 4.61. The van der Waals surface area contributed by atoms with Crippen molar-refractivity contribution in [3.63, 3.8) is 0 Å². The highest BCUT2D eigenvalue weighted by molar-refractivity contribution is 7.99. The van der Waals surface area contributed by atoms with Crippen LogP contribution in [0.3, 0.4) is 0 Å². The van der Waals surface area contributed by atoms with Crippen LogP contribution >= 0.6 is 11.8 Å². The molecule has 0 saturated carbocycles. The van der Waals surface area contributed by atoms with E-state index >= 15 is 0 Å². The Balaban J connectivity index is 2.34. The van der Waals surface area contributed by atoms with Gasteiger partial charge in [-0.3, -0.25) is 9.59 Å². The number of alkyl halides is 3. The van der Waals surface area contributed by atoms with Crippen molar-refractivity contribution < 1.29 is 27.5 Å². The number of carbonyl (C=O) groups excluding carboxylic acids is 2. The van der Waals surface area contributed by atoms with Gasteiger partial charge in [-0.05, 0) is 31.0 Å². The van der Waals surface area contributed by atoms with Crippen LogP contribution in [-0.4, -0.2) is 29.7 Å². The Morgan fingerprint density at radius 3 is 2.41 bits per heavy atom. The highest BCUT2D eigenvalue weighted by atomic mass is 32.2. The number of aryl methyl sites for hydroxylation is 2. The van der Waals surface area contributed by atoms with E-state index in [4.69, 9.17) is 0 Å². The van der Waals surface area contributed by atoms with E-state index in [1.54, 1.807) is 32.0 Å². The maximum atomic E-state index is 13.4. The van der Waals surface area contributed by atoms with Crippen molar-refractivity contribution in [1.82, 2.24) is 4.98 Å². The molecule has 27 heavy (non-hydrogen) atoms. The summed E-state index contributed by atoms with van der Waals surface area (Å²) in [5, 5.41) is 2.50. The van der Waals surface area contributed by atoms with E-state index in [0.29, 0.717) is 5.69 Å². The fraction of sp³-hybridized carbons (Fsp3) is 0.278. The number of thioether (sulfide) groups is 1. The van der Waals surface area contributed by atoms with Crippen molar-refractivity contribution in [2.75, 3.05) is 18.2 Å². The number of ether oxygens (including phenoxy) is 1. The van der Waals surface area contributed by atoms with Gasteiger partial charge in [-0.2, -0.15) is 13.2 Å². The second-order valence-electron chi connectivity index (χ2n) is 5.65. The van der Waals surface area contributed by atoms with Crippen LogP contribution in [0.15, 0.2) is 35.5 Å². The monoisotopic (exact) mass is 398 g/mol. The molecular weight excluding hydrogens is 381 g/mol. The number of rotatable bonds is 5. The summed E-state index contributed by atoms with van der Waals surface area (Å²) in [6, 6.07) is 6.04. The number of anilines is 1. The summed E-state index contributed by atoms with van der Waals surface area (Å²) >= 11 is 0.795. The van der Waals surface area contributed by atoms with Crippen LogP contribution in [0.1, 0.15) is 27.0 Å². The molecular formula is C18H17F3N2O3S. The van der Waals surface area contributed by atoms with Gasteiger partial charge < -0.3 is 10.1 Å². The maximum Gasteiger partial charge on any atom is 0.417 e. The maximum absolute atomic E-state index is 13.4. The van der Waals surface area contributed by atoms with E-state index in [1.165, 1.54) is 7.11 Å². The van der Waals surface area contributed by atoms with Gasteiger partial charge in [-0.1, -0.05) is 30.0 Å². The van der Waals surface area contributed by atoms with Crippen LogP contribution in [-0.2, 0) is 15.7 Å². The molecule has 0 saturated heterocycles. The number of aromatic nitrogens is 1. The van der Waals surface area contributed by atoms with Crippen molar-refractivity contribution in [3.8, 4) is 0 Å². The van der Waals surface area contributed by atoms with Gasteiger partial charge >= 0.3 is 12.1 Å². The molecule has 0 spiro atoms. The molecule has 0 fully saturated rings. The van der Waals surface area contributed by atoms with E-state index in [-0.39, 0.29) is 10.8 Å². The highest BCUT2D eigenvalue weighted by Crippen LogP contribution is 2.34. The first-order valence-corrected chi connectivity index (χ1v) is 8.76. The largest absolute Gasteiger partial charge is 0.468 e. The summed E-state index contributed by atoms with van der Waals surface area (Å²) < 4.78 is 44.8. The van der Waals surface area contributed by atoms with Crippen molar-refractivity contribution in [2.45, 2.75) is 25.0 Å². The summed E-state index contributed by atoms with van der Waals surface area (Å²) in [6.07, 6.45) is -3.89. The minimum atomic E-state index is -4.75. The molecule has 1 amide bonds. The van der Waals surface area contributed by atoms with Crippen LogP contribution in [0.5, 0.6) is 0 Å². The minimum absolute atomic E-state index is 0.0312. The third kappa shape index (κ3) is 5.22. The smallest absolute Gasteiger partial charge is 0.417 e. The summed E-state index contributed by atoms with van der Waals surface area (Å²) in [7, 11) is 1.18. The number of hydrogen-bond donors (Lipinski definition) is 1. The van der Waals surface area contributed by atoms with Crippen LogP contribution in [0.2, 0.25) is 0 Å². The average molecular weight is 398 g/mol. The Hall–Kier alpha value is -2.55. The molecule has 0 bridgehead atoms. The first-order chi connectivity index (χ1) is 12.6. The van der Waals surface area contributed by atoms with Crippen molar-refractivity contribution in [2.24, 2.45) is 0 Å². The molecule has 1 heterocycles. The molecule has 2 aromatic rings. The lowest BCUT2D eigenvalue weighted by atomic mass is 10.1. The number of para-hydroxylation sites is 1. The molecule has 1 aromatic carbocycles. The Morgan fingerprint density at radius 2 is 1.85 bits per heavy atom. The molecule has 2 rings (SSSR count). The molecule has 144 valence electrons. The van der Waals surface area contributed by atoms with Gasteiger partial charge in [0.1, 0.15) is 0 Å². The lowest BCUT2D eigenvalue weighted by Gasteiger charge is -2.15. The number of pyridine rings is 1. The lowest BCUT2D eigenvalue weighted by Crippen LogP contribution is -2.20. The lowest BCUT2D eigenvalue weighted by molar-refractivity contribution is -0.138. The SMILES string of the molecule is COC(=O)CSc1cc(C(F)(F)F)c(C(=O)Nc2c(C)cccc2C)cn1. The van der Waals surface area contributed by atoms with Crippen LogP contribution in [0.4, 0.5) is 18.9 Å². The summed E-state index contributed by atoms with van der Waals surface area (Å²) in [5.74, 6) is -1.68. The van der Waals surface area contributed by atoms with Gasteiger partial charge in [0.15, 0.2) is 0 Å². The second-order valence-corrected chi connectivity index (χ2v) is 6.65. The van der Waals surface area contributed by atoms with Crippen molar-refractivity contribution in [1.29, 1.82) is 0 Å². The number of carbonyl (C=O) groups is 2. The number of nitrogens with zero attached hydrogens (tertiary/aromatic N) is 1. The Morgan fingerprint density at radius 1 is 1.22 bits per heavy atom. The van der Waals surface area contributed by atoms with Crippen molar-refractivity contribution >= 4 is 29.3 Å². The average Bonchev–Trinajstić information content (AvgIpc) is 2.61. The van der Waals surface area contributed by atoms with Crippen molar-refractivity contribution in [3.05, 3.63) is 52.7 Å². The van der Waals surface area contributed by atoms with Gasteiger partial charge in [0, 0.05) is 11.9 Å². The number of amides is 1. The predicted molar refractivity (Wildman–Crippen MR) is 95.8 cm³/mol. The zero-order valence-electron chi connectivity index (χ0n) is 14.8. The van der Waals surface area contributed by atoms with Gasteiger partial charge in [-0.25, -0.2) is 4.98 Å². The number of benzene rings is 1. The van der Waals surface area contributed by atoms with E-state index < -0.39 is 29.2 Å². The molecule has 9 heteroatoms. The Kier molecular flexibility index (Phi) is 6.48. The number of nitrogens with one attached hydrogen (secondary N) is 1. The normalized spacial score (nSPS) is 11.2. The fourth-order valence-electron chi connectivity index (χ4n) is 2.31. The minimum Gasteiger partial charge on any atom is -0.468 e. The molecule has 0 atom stereocenters.